The van der Waals surface area contributed by atoms with Crippen molar-refractivity contribution >= 4 is 17.7 Å². The molecule has 2 heterocycles. The quantitative estimate of drug-likeness (QED) is 0.598. The zero-order valence-corrected chi connectivity index (χ0v) is 12.7. The number of benzene rings is 1. The summed E-state index contributed by atoms with van der Waals surface area (Å²) >= 11 is 0. The molecule has 0 radical (unpaired) electrons. The molecule has 2 aliphatic heterocycles. The third kappa shape index (κ3) is 2.99. The number of carbonyl (C=O) groups excluding carboxylic acids is 3. The SMILES string of the molecule is COC(=O)C1CCN(C(=O)c2ccc3c(c2)OCO3)CCC1=O. The number of rotatable bonds is 2. The second-order valence-electron chi connectivity index (χ2n) is 5.44. The molecule has 1 amide bonds. The molecule has 1 aromatic rings. The number of ether oxygens (including phenoxy) is 3. The fraction of sp³-hybridized carbons (Fsp3) is 0.438. The molecule has 0 N–H and O–H groups in total. The minimum absolute atomic E-state index is 0.145. The van der Waals surface area contributed by atoms with Crippen molar-refractivity contribution < 1.29 is 28.6 Å². The molecule has 7 nitrogen and oxygen atoms in total. The van der Waals surface area contributed by atoms with E-state index in [4.69, 9.17) is 9.47 Å². The van der Waals surface area contributed by atoms with Gasteiger partial charge in [0.15, 0.2) is 11.5 Å². The second-order valence-corrected chi connectivity index (χ2v) is 5.44. The number of esters is 1. The van der Waals surface area contributed by atoms with E-state index in [1.54, 1.807) is 23.1 Å². The average molecular weight is 319 g/mol. The predicted octanol–water partition coefficient (Wildman–Crippen LogP) is 1.01. The Hall–Kier alpha value is -2.57. The van der Waals surface area contributed by atoms with Crippen LogP contribution in [0.25, 0.3) is 0 Å². The van der Waals surface area contributed by atoms with Crippen LogP contribution >= 0.6 is 0 Å². The first-order valence-corrected chi connectivity index (χ1v) is 7.39. The molecule has 0 aromatic heterocycles. The molecule has 23 heavy (non-hydrogen) atoms. The molecule has 1 aromatic carbocycles. The van der Waals surface area contributed by atoms with Crippen LogP contribution in [-0.4, -0.2) is 49.6 Å². The number of carbonyl (C=O) groups is 3. The molecule has 1 atom stereocenters. The topological polar surface area (TPSA) is 82.1 Å². The number of fused-ring (bicyclic) bond motifs is 1. The number of hydrogen-bond acceptors (Lipinski definition) is 6. The van der Waals surface area contributed by atoms with Crippen LogP contribution in [-0.2, 0) is 14.3 Å². The van der Waals surface area contributed by atoms with Crippen LogP contribution < -0.4 is 9.47 Å². The van der Waals surface area contributed by atoms with E-state index in [2.05, 4.69) is 4.74 Å². The summed E-state index contributed by atoms with van der Waals surface area (Å²) in [6, 6.07) is 4.99. The molecule has 122 valence electrons. The number of Topliss-reactive ketones (excluding diaryl/α,β-unsaturated/α-hetero) is 1. The van der Waals surface area contributed by atoms with Crippen molar-refractivity contribution in [3.8, 4) is 11.5 Å². The van der Waals surface area contributed by atoms with Crippen molar-refractivity contribution in [3.05, 3.63) is 23.8 Å². The van der Waals surface area contributed by atoms with Gasteiger partial charge in [0.25, 0.3) is 5.91 Å². The number of hydrogen-bond donors (Lipinski definition) is 0. The summed E-state index contributed by atoms with van der Waals surface area (Å²) in [5.74, 6) is -0.547. The number of nitrogens with zero attached hydrogens (tertiary/aromatic N) is 1. The molecular formula is C16H17NO6. The van der Waals surface area contributed by atoms with Crippen LogP contribution in [0.5, 0.6) is 11.5 Å². The van der Waals surface area contributed by atoms with Gasteiger partial charge in [0.1, 0.15) is 11.7 Å². The summed E-state index contributed by atoms with van der Waals surface area (Å²) in [4.78, 5) is 37.8. The maximum Gasteiger partial charge on any atom is 0.316 e. The maximum atomic E-state index is 12.6. The molecule has 3 rings (SSSR count). The van der Waals surface area contributed by atoms with Crippen molar-refractivity contribution in [2.24, 2.45) is 5.92 Å². The Kier molecular flexibility index (Phi) is 4.18. The highest BCUT2D eigenvalue weighted by atomic mass is 16.7. The van der Waals surface area contributed by atoms with Crippen LogP contribution in [0, 0.1) is 5.92 Å². The van der Waals surface area contributed by atoms with E-state index in [0.717, 1.165) is 0 Å². The van der Waals surface area contributed by atoms with E-state index in [1.165, 1.54) is 7.11 Å². The summed E-state index contributed by atoms with van der Waals surface area (Å²) in [5.41, 5.74) is 0.471. The lowest BCUT2D eigenvalue weighted by molar-refractivity contribution is -0.149. The minimum Gasteiger partial charge on any atom is -0.468 e. The maximum absolute atomic E-state index is 12.6. The summed E-state index contributed by atoms with van der Waals surface area (Å²) in [6.07, 6.45) is 0.428. The van der Waals surface area contributed by atoms with Crippen LogP contribution in [0.3, 0.4) is 0 Å². The van der Waals surface area contributed by atoms with Crippen molar-refractivity contribution in [3.63, 3.8) is 0 Å². The highest BCUT2D eigenvalue weighted by Crippen LogP contribution is 2.33. The van der Waals surface area contributed by atoms with E-state index >= 15 is 0 Å². The van der Waals surface area contributed by atoms with Gasteiger partial charge in [-0.15, -0.1) is 0 Å². The molecule has 1 saturated heterocycles. The van der Waals surface area contributed by atoms with Crippen LogP contribution in [0.1, 0.15) is 23.2 Å². The van der Waals surface area contributed by atoms with Crippen molar-refractivity contribution in [1.29, 1.82) is 0 Å². The lowest BCUT2D eigenvalue weighted by Gasteiger charge is -2.20. The lowest BCUT2D eigenvalue weighted by Crippen LogP contribution is -2.32. The Labute approximate surface area is 133 Å². The van der Waals surface area contributed by atoms with Crippen LogP contribution in [0.2, 0.25) is 0 Å². The lowest BCUT2D eigenvalue weighted by atomic mass is 10.00. The fourth-order valence-electron chi connectivity index (χ4n) is 2.78. The molecule has 0 aliphatic carbocycles. The van der Waals surface area contributed by atoms with Gasteiger partial charge in [0.05, 0.1) is 7.11 Å². The zero-order valence-electron chi connectivity index (χ0n) is 12.7. The minimum atomic E-state index is -0.783. The van der Waals surface area contributed by atoms with Gasteiger partial charge in [0, 0.05) is 25.1 Å². The third-order valence-electron chi connectivity index (χ3n) is 4.10. The van der Waals surface area contributed by atoms with Crippen LogP contribution in [0.4, 0.5) is 0 Å². The molecule has 0 saturated carbocycles. The predicted molar refractivity (Wildman–Crippen MR) is 78.2 cm³/mol. The largest absolute Gasteiger partial charge is 0.468 e. The molecule has 0 bridgehead atoms. The van der Waals surface area contributed by atoms with Gasteiger partial charge in [-0.3, -0.25) is 14.4 Å². The molecule has 1 fully saturated rings. The number of methoxy groups -OCH3 is 1. The third-order valence-corrected chi connectivity index (χ3v) is 4.10. The van der Waals surface area contributed by atoms with E-state index in [1.807, 2.05) is 0 Å². The van der Waals surface area contributed by atoms with Crippen molar-refractivity contribution in [2.45, 2.75) is 12.8 Å². The van der Waals surface area contributed by atoms with Gasteiger partial charge in [-0.05, 0) is 24.6 Å². The first-order valence-electron chi connectivity index (χ1n) is 7.39. The number of likely N-dealkylation sites (tertiary alicyclic amines) is 1. The van der Waals surface area contributed by atoms with Gasteiger partial charge < -0.3 is 19.1 Å². The Balaban J connectivity index is 1.73. The standard InChI is InChI=1S/C16H17NO6/c1-21-16(20)11-4-6-17(7-5-12(11)18)15(19)10-2-3-13-14(8-10)23-9-22-13/h2-3,8,11H,4-7,9H2,1H3. The Morgan fingerprint density at radius 1 is 1.22 bits per heavy atom. The molecule has 2 aliphatic rings. The summed E-state index contributed by atoms with van der Waals surface area (Å²) in [7, 11) is 1.26. The highest BCUT2D eigenvalue weighted by Gasteiger charge is 2.32. The first kappa shape index (κ1) is 15.3. The van der Waals surface area contributed by atoms with E-state index in [-0.39, 0.29) is 31.3 Å². The normalized spacial score (nSPS) is 20.1. The van der Waals surface area contributed by atoms with Gasteiger partial charge in [-0.2, -0.15) is 0 Å². The second kappa shape index (κ2) is 6.28. The van der Waals surface area contributed by atoms with Gasteiger partial charge in [0.2, 0.25) is 6.79 Å². The monoisotopic (exact) mass is 319 g/mol. The molecular weight excluding hydrogens is 302 g/mol. The number of amides is 1. The Morgan fingerprint density at radius 3 is 2.78 bits per heavy atom. The van der Waals surface area contributed by atoms with Gasteiger partial charge in [-0.1, -0.05) is 0 Å². The zero-order chi connectivity index (χ0) is 16.4. The van der Waals surface area contributed by atoms with Crippen molar-refractivity contribution in [2.75, 3.05) is 27.0 Å². The van der Waals surface area contributed by atoms with Gasteiger partial charge in [-0.25, -0.2) is 0 Å². The molecule has 1 unspecified atom stereocenters. The Morgan fingerprint density at radius 2 is 2.00 bits per heavy atom. The smallest absolute Gasteiger partial charge is 0.316 e. The van der Waals surface area contributed by atoms with Crippen LogP contribution in [0.15, 0.2) is 18.2 Å². The van der Waals surface area contributed by atoms with E-state index < -0.39 is 11.9 Å². The summed E-state index contributed by atoms with van der Waals surface area (Å²) in [6.45, 7) is 0.768. The van der Waals surface area contributed by atoms with E-state index in [0.29, 0.717) is 30.2 Å². The van der Waals surface area contributed by atoms with Gasteiger partial charge >= 0.3 is 5.97 Å². The van der Waals surface area contributed by atoms with E-state index in [9.17, 15) is 14.4 Å². The van der Waals surface area contributed by atoms with Crippen molar-refractivity contribution in [1.82, 2.24) is 4.90 Å². The summed E-state index contributed by atoms with van der Waals surface area (Å²) < 4.78 is 15.1. The first-order chi connectivity index (χ1) is 11.1. The molecule has 7 heteroatoms. The number of ketones is 1. The fourth-order valence-corrected chi connectivity index (χ4v) is 2.78. The average Bonchev–Trinajstić information content (AvgIpc) is 2.95. The summed E-state index contributed by atoms with van der Waals surface area (Å²) in [5, 5.41) is 0. The Bertz CT molecular complexity index is 656. The molecule has 0 spiro atoms. The highest BCUT2D eigenvalue weighted by molar-refractivity contribution is 6.00.